The van der Waals surface area contributed by atoms with Gasteiger partial charge in [0.25, 0.3) is 5.91 Å². The molecule has 5 heteroatoms. The van der Waals surface area contributed by atoms with E-state index in [0.29, 0.717) is 12.6 Å². The van der Waals surface area contributed by atoms with Crippen LogP contribution in [0.2, 0.25) is 0 Å². The van der Waals surface area contributed by atoms with Crippen molar-refractivity contribution in [2.45, 2.75) is 25.8 Å². The molecule has 1 saturated carbocycles. The van der Waals surface area contributed by atoms with Gasteiger partial charge in [-0.1, -0.05) is 6.92 Å². The van der Waals surface area contributed by atoms with Crippen molar-refractivity contribution in [2.75, 3.05) is 19.6 Å². The molecule has 19 heavy (non-hydrogen) atoms. The van der Waals surface area contributed by atoms with E-state index >= 15 is 0 Å². The average molecular weight is 264 g/mol. The van der Waals surface area contributed by atoms with Crippen LogP contribution in [0.15, 0.2) is 18.2 Å². The van der Waals surface area contributed by atoms with Crippen LogP contribution in [0.4, 0.5) is 0 Å². The summed E-state index contributed by atoms with van der Waals surface area (Å²) < 4.78 is 0. The van der Waals surface area contributed by atoms with Crippen molar-refractivity contribution in [3.63, 3.8) is 0 Å². The molecule has 0 saturated heterocycles. The fraction of sp³-hybridized carbons (Fsp3) is 0.500. The second-order valence-electron chi connectivity index (χ2n) is 4.85. The first-order valence-electron chi connectivity index (χ1n) is 6.65. The first-order chi connectivity index (χ1) is 9.10. The van der Waals surface area contributed by atoms with Crippen LogP contribution >= 0.6 is 0 Å². The number of amides is 1. The van der Waals surface area contributed by atoms with Gasteiger partial charge in [-0.2, -0.15) is 0 Å². The molecule has 0 radical (unpaired) electrons. The van der Waals surface area contributed by atoms with Crippen LogP contribution in [-0.4, -0.2) is 46.7 Å². The van der Waals surface area contributed by atoms with Crippen LogP contribution in [0, 0.1) is 0 Å². The second kappa shape index (κ2) is 5.93. The van der Waals surface area contributed by atoms with E-state index in [-0.39, 0.29) is 23.0 Å². The summed E-state index contributed by atoms with van der Waals surface area (Å²) in [4.78, 5) is 14.2. The van der Waals surface area contributed by atoms with Gasteiger partial charge < -0.3 is 15.5 Å². The van der Waals surface area contributed by atoms with Crippen LogP contribution < -0.4 is 5.32 Å². The van der Waals surface area contributed by atoms with Crippen LogP contribution in [0.1, 0.15) is 30.1 Å². The normalized spacial score (nSPS) is 14.6. The fourth-order valence-corrected chi connectivity index (χ4v) is 2.18. The van der Waals surface area contributed by atoms with Crippen molar-refractivity contribution < 1.29 is 15.0 Å². The Hall–Kier alpha value is -1.75. The van der Waals surface area contributed by atoms with Crippen LogP contribution in [0.25, 0.3) is 0 Å². The highest BCUT2D eigenvalue weighted by Gasteiger charge is 2.27. The molecule has 0 heterocycles. The van der Waals surface area contributed by atoms with E-state index in [2.05, 4.69) is 17.1 Å². The zero-order valence-electron chi connectivity index (χ0n) is 11.1. The summed E-state index contributed by atoms with van der Waals surface area (Å²) in [5.74, 6) is -0.505. The lowest BCUT2D eigenvalue weighted by Gasteiger charge is -2.19. The number of hydrogen-bond acceptors (Lipinski definition) is 4. The first kappa shape index (κ1) is 13.7. The number of phenolic OH excluding ortho intramolecular Hbond substituents is 2. The smallest absolute Gasteiger partial charge is 0.251 e. The zero-order valence-corrected chi connectivity index (χ0v) is 11.1. The second-order valence-corrected chi connectivity index (χ2v) is 4.85. The van der Waals surface area contributed by atoms with Gasteiger partial charge in [-0.25, -0.2) is 0 Å². The van der Waals surface area contributed by atoms with Crippen LogP contribution in [0.5, 0.6) is 11.5 Å². The SMILES string of the molecule is CCN(CCNC(=O)c1cc(O)cc(O)c1)C1CC1. The van der Waals surface area contributed by atoms with Crippen molar-refractivity contribution in [3.05, 3.63) is 23.8 Å². The maximum Gasteiger partial charge on any atom is 0.251 e. The average Bonchev–Trinajstić information content (AvgIpc) is 3.17. The summed E-state index contributed by atoms with van der Waals surface area (Å²) in [7, 11) is 0. The predicted molar refractivity (Wildman–Crippen MR) is 72.4 cm³/mol. The predicted octanol–water partition coefficient (Wildman–Crippen LogP) is 1.31. The molecule has 1 aliphatic rings. The van der Waals surface area contributed by atoms with E-state index in [1.54, 1.807) is 0 Å². The van der Waals surface area contributed by atoms with Crippen LogP contribution in [0.3, 0.4) is 0 Å². The minimum atomic E-state index is -0.280. The molecule has 0 spiro atoms. The van der Waals surface area contributed by atoms with E-state index in [0.717, 1.165) is 13.1 Å². The third-order valence-corrected chi connectivity index (χ3v) is 3.32. The summed E-state index contributed by atoms with van der Waals surface area (Å²) in [5.41, 5.74) is 0.270. The Morgan fingerprint density at radius 1 is 1.32 bits per heavy atom. The molecule has 1 aromatic rings. The number of carbonyl (C=O) groups is 1. The minimum absolute atomic E-state index is 0.113. The quantitative estimate of drug-likeness (QED) is 0.724. The Balaban J connectivity index is 1.83. The highest BCUT2D eigenvalue weighted by atomic mass is 16.3. The molecular weight excluding hydrogens is 244 g/mol. The first-order valence-corrected chi connectivity index (χ1v) is 6.65. The molecule has 1 fully saturated rings. The number of nitrogens with zero attached hydrogens (tertiary/aromatic N) is 1. The van der Waals surface area contributed by atoms with Gasteiger partial charge >= 0.3 is 0 Å². The largest absolute Gasteiger partial charge is 0.508 e. The number of aromatic hydroxyl groups is 2. The van der Waals surface area contributed by atoms with Crippen molar-refractivity contribution in [3.8, 4) is 11.5 Å². The van der Waals surface area contributed by atoms with Gasteiger partial charge in [-0.15, -0.1) is 0 Å². The Kier molecular flexibility index (Phi) is 4.27. The van der Waals surface area contributed by atoms with E-state index < -0.39 is 0 Å². The number of benzene rings is 1. The van der Waals surface area contributed by atoms with Crippen LogP contribution in [-0.2, 0) is 0 Å². The van der Waals surface area contributed by atoms with Gasteiger partial charge in [0.05, 0.1) is 0 Å². The number of nitrogens with one attached hydrogen (secondary N) is 1. The molecule has 2 rings (SSSR count). The van der Waals surface area contributed by atoms with Gasteiger partial charge in [-0.05, 0) is 31.5 Å². The molecule has 0 aromatic heterocycles. The molecule has 1 aliphatic carbocycles. The molecule has 5 nitrogen and oxygen atoms in total. The fourth-order valence-electron chi connectivity index (χ4n) is 2.18. The van der Waals surface area contributed by atoms with Crippen molar-refractivity contribution >= 4 is 5.91 Å². The highest BCUT2D eigenvalue weighted by Crippen LogP contribution is 2.25. The van der Waals surface area contributed by atoms with Gasteiger partial charge in [0.1, 0.15) is 11.5 Å². The Morgan fingerprint density at radius 2 is 1.95 bits per heavy atom. The molecule has 0 atom stereocenters. The van der Waals surface area contributed by atoms with Crippen molar-refractivity contribution in [1.29, 1.82) is 0 Å². The van der Waals surface area contributed by atoms with E-state index in [9.17, 15) is 15.0 Å². The number of likely N-dealkylation sites (N-methyl/N-ethyl adjacent to an activating group) is 1. The lowest BCUT2D eigenvalue weighted by Crippen LogP contribution is -2.36. The maximum absolute atomic E-state index is 11.9. The number of carbonyl (C=O) groups excluding carboxylic acids is 1. The third-order valence-electron chi connectivity index (χ3n) is 3.32. The Morgan fingerprint density at radius 3 is 2.47 bits per heavy atom. The highest BCUT2D eigenvalue weighted by molar-refractivity contribution is 5.95. The Labute approximate surface area is 112 Å². The summed E-state index contributed by atoms with van der Waals surface area (Å²) in [6, 6.07) is 4.57. The molecule has 0 unspecified atom stereocenters. The standard InChI is InChI=1S/C14H20N2O3/c1-2-16(11-3-4-11)6-5-15-14(19)10-7-12(17)9-13(18)8-10/h7-9,11,17-18H,2-6H2,1H3,(H,15,19). The summed E-state index contributed by atoms with van der Waals surface area (Å²) in [6.45, 7) is 4.51. The van der Waals surface area contributed by atoms with Gasteiger partial charge in [0, 0.05) is 30.8 Å². The van der Waals surface area contributed by atoms with E-state index in [4.69, 9.17) is 0 Å². The van der Waals surface area contributed by atoms with Gasteiger partial charge in [0.2, 0.25) is 0 Å². The molecule has 3 N–H and O–H groups in total. The number of hydrogen-bond donors (Lipinski definition) is 3. The number of phenols is 2. The van der Waals surface area contributed by atoms with Crippen molar-refractivity contribution in [2.24, 2.45) is 0 Å². The molecule has 1 aromatic carbocycles. The van der Waals surface area contributed by atoms with E-state index in [1.165, 1.54) is 31.0 Å². The lowest BCUT2D eigenvalue weighted by atomic mass is 10.2. The number of rotatable bonds is 6. The lowest BCUT2D eigenvalue weighted by molar-refractivity contribution is 0.0947. The molecule has 104 valence electrons. The molecular formula is C14H20N2O3. The maximum atomic E-state index is 11.9. The van der Waals surface area contributed by atoms with Crippen molar-refractivity contribution in [1.82, 2.24) is 10.2 Å². The minimum Gasteiger partial charge on any atom is -0.508 e. The third kappa shape index (κ3) is 3.86. The molecule has 0 aliphatic heterocycles. The molecule has 1 amide bonds. The molecule has 0 bridgehead atoms. The monoisotopic (exact) mass is 264 g/mol. The van der Waals surface area contributed by atoms with Gasteiger partial charge in [-0.3, -0.25) is 9.69 Å². The summed E-state index contributed by atoms with van der Waals surface area (Å²) >= 11 is 0. The zero-order chi connectivity index (χ0) is 13.8. The Bertz CT molecular complexity index is 438. The summed E-state index contributed by atoms with van der Waals surface area (Å²) in [6.07, 6.45) is 2.50. The summed E-state index contributed by atoms with van der Waals surface area (Å²) in [5, 5.41) is 21.5. The van der Waals surface area contributed by atoms with E-state index in [1.807, 2.05) is 0 Å². The van der Waals surface area contributed by atoms with Gasteiger partial charge in [0.15, 0.2) is 0 Å². The topological polar surface area (TPSA) is 72.8 Å².